The fourth-order valence-electron chi connectivity index (χ4n) is 2.42. The highest BCUT2D eigenvalue weighted by molar-refractivity contribution is 6.00. The van der Waals surface area contributed by atoms with Crippen molar-refractivity contribution < 1.29 is 23.6 Å². The van der Waals surface area contributed by atoms with E-state index in [1.807, 2.05) is 0 Å². The Hall–Kier alpha value is -4.21. The molecular formula is C19H16N4O6. The van der Waals surface area contributed by atoms with Gasteiger partial charge in [0.2, 0.25) is 5.89 Å². The number of methoxy groups -OCH3 is 2. The molecule has 1 heterocycles. The summed E-state index contributed by atoms with van der Waals surface area (Å²) in [4.78, 5) is 22.3. The molecule has 0 aliphatic rings. The van der Waals surface area contributed by atoms with Crippen LogP contribution in [0.5, 0.6) is 11.5 Å². The van der Waals surface area contributed by atoms with Crippen LogP contribution in [0.25, 0.3) is 17.5 Å². The van der Waals surface area contributed by atoms with Crippen molar-refractivity contribution in [2.75, 3.05) is 19.5 Å². The lowest BCUT2D eigenvalue weighted by atomic mass is 10.2. The highest BCUT2D eigenvalue weighted by Crippen LogP contribution is 2.32. The van der Waals surface area contributed by atoms with Gasteiger partial charge >= 0.3 is 6.01 Å². The van der Waals surface area contributed by atoms with Crippen LogP contribution in [0.15, 0.2) is 53.0 Å². The number of non-ortho nitro benzene ring substituents is 1. The van der Waals surface area contributed by atoms with Crippen LogP contribution < -0.4 is 14.8 Å². The Balaban J connectivity index is 1.69. The van der Waals surface area contributed by atoms with Gasteiger partial charge in [0.1, 0.15) is 0 Å². The van der Waals surface area contributed by atoms with E-state index in [1.54, 1.807) is 24.3 Å². The largest absolute Gasteiger partial charge is 0.493 e. The van der Waals surface area contributed by atoms with E-state index in [1.165, 1.54) is 44.6 Å². The second-order valence-corrected chi connectivity index (χ2v) is 5.66. The SMILES string of the molecule is COc1ccc(-c2nnc(NC(=O)C=Cc3cccc([N+](=O)[O-])c3)o2)cc1OC. The van der Waals surface area contributed by atoms with Crippen LogP contribution in [0.3, 0.4) is 0 Å². The zero-order chi connectivity index (χ0) is 20.8. The van der Waals surface area contributed by atoms with Gasteiger partial charge in [-0.15, -0.1) is 5.10 Å². The van der Waals surface area contributed by atoms with Crippen LogP contribution >= 0.6 is 0 Å². The van der Waals surface area contributed by atoms with E-state index in [9.17, 15) is 14.9 Å². The third kappa shape index (κ3) is 4.75. The maximum atomic E-state index is 12.0. The number of carbonyl (C=O) groups is 1. The number of aromatic nitrogens is 2. The Morgan fingerprint density at radius 2 is 1.93 bits per heavy atom. The fraction of sp³-hybridized carbons (Fsp3) is 0.105. The van der Waals surface area contributed by atoms with Crippen LogP contribution in [0, 0.1) is 10.1 Å². The first-order valence-corrected chi connectivity index (χ1v) is 8.29. The quantitative estimate of drug-likeness (QED) is 0.366. The lowest BCUT2D eigenvalue weighted by molar-refractivity contribution is -0.384. The maximum Gasteiger partial charge on any atom is 0.322 e. The Kier molecular flexibility index (Phi) is 5.83. The van der Waals surface area contributed by atoms with Gasteiger partial charge in [0.25, 0.3) is 11.6 Å². The number of anilines is 1. The third-order valence-corrected chi connectivity index (χ3v) is 3.79. The molecule has 0 aliphatic heterocycles. The molecule has 0 spiro atoms. The van der Waals surface area contributed by atoms with E-state index in [-0.39, 0.29) is 17.6 Å². The van der Waals surface area contributed by atoms with Gasteiger partial charge in [-0.2, -0.15) is 0 Å². The molecule has 0 radical (unpaired) electrons. The summed E-state index contributed by atoms with van der Waals surface area (Å²) in [6.45, 7) is 0. The minimum Gasteiger partial charge on any atom is -0.493 e. The molecule has 3 aromatic rings. The molecule has 29 heavy (non-hydrogen) atoms. The molecule has 10 heteroatoms. The van der Waals surface area contributed by atoms with E-state index in [0.29, 0.717) is 22.6 Å². The van der Waals surface area contributed by atoms with Crippen molar-refractivity contribution in [2.24, 2.45) is 0 Å². The van der Waals surface area contributed by atoms with Crippen molar-refractivity contribution in [3.63, 3.8) is 0 Å². The molecule has 3 rings (SSSR count). The summed E-state index contributed by atoms with van der Waals surface area (Å²) in [6.07, 6.45) is 2.65. The zero-order valence-corrected chi connectivity index (χ0v) is 15.5. The first-order chi connectivity index (χ1) is 14.0. The number of nitro benzene ring substituents is 1. The van der Waals surface area contributed by atoms with E-state index in [0.717, 1.165) is 0 Å². The average molecular weight is 396 g/mol. The standard InChI is InChI=1S/C19H16N4O6/c1-27-15-8-7-13(11-16(15)28-2)18-21-22-19(29-18)20-17(24)9-6-12-4-3-5-14(10-12)23(25)26/h3-11H,1-2H3,(H,20,22,24). The van der Waals surface area contributed by atoms with Crippen LogP contribution in [-0.2, 0) is 4.79 Å². The molecule has 0 bridgehead atoms. The molecule has 0 fully saturated rings. The second kappa shape index (κ2) is 8.65. The molecule has 0 atom stereocenters. The van der Waals surface area contributed by atoms with E-state index >= 15 is 0 Å². The third-order valence-electron chi connectivity index (χ3n) is 3.79. The van der Waals surface area contributed by atoms with Gasteiger partial charge in [0.15, 0.2) is 11.5 Å². The van der Waals surface area contributed by atoms with Crippen molar-refractivity contribution in [2.45, 2.75) is 0 Å². The fourth-order valence-corrected chi connectivity index (χ4v) is 2.42. The smallest absolute Gasteiger partial charge is 0.322 e. The maximum absolute atomic E-state index is 12.0. The van der Waals surface area contributed by atoms with Gasteiger partial charge in [0, 0.05) is 23.8 Å². The summed E-state index contributed by atoms with van der Waals surface area (Å²) >= 11 is 0. The number of ether oxygens (including phenoxy) is 2. The van der Waals surface area contributed by atoms with Gasteiger partial charge in [-0.3, -0.25) is 20.2 Å². The first kappa shape index (κ1) is 19.5. The minimum absolute atomic E-state index is 0.0657. The number of amides is 1. The van der Waals surface area contributed by atoms with Crippen LogP contribution in [0.4, 0.5) is 11.7 Å². The topological polar surface area (TPSA) is 130 Å². The molecule has 1 amide bonds. The number of carbonyl (C=O) groups excluding carboxylic acids is 1. The lowest BCUT2D eigenvalue weighted by Crippen LogP contribution is -2.07. The molecule has 0 aliphatic carbocycles. The Labute approximate surface area is 164 Å². The summed E-state index contributed by atoms with van der Waals surface area (Å²) in [5.41, 5.74) is 1.03. The number of nitrogens with one attached hydrogen (secondary N) is 1. The summed E-state index contributed by atoms with van der Waals surface area (Å²) in [5.74, 6) is 0.701. The summed E-state index contributed by atoms with van der Waals surface area (Å²) < 4.78 is 15.8. The lowest BCUT2D eigenvalue weighted by Gasteiger charge is -2.07. The van der Waals surface area contributed by atoms with Crippen molar-refractivity contribution in [3.05, 3.63) is 64.2 Å². The predicted octanol–water partition coefficient (Wildman–Crippen LogP) is 3.31. The predicted molar refractivity (Wildman–Crippen MR) is 104 cm³/mol. The molecule has 10 nitrogen and oxygen atoms in total. The van der Waals surface area contributed by atoms with Crippen LogP contribution in [0.2, 0.25) is 0 Å². The number of benzene rings is 2. The zero-order valence-electron chi connectivity index (χ0n) is 15.5. The Bertz CT molecular complexity index is 1080. The van der Waals surface area contributed by atoms with Crippen LogP contribution in [0.1, 0.15) is 5.56 Å². The highest BCUT2D eigenvalue weighted by atomic mass is 16.6. The van der Waals surface area contributed by atoms with Gasteiger partial charge in [-0.25, -0.2) is 0 Å². The first-order valence-electron chi connectivity index (χ1n) is 8.29. The Morgan fingerprint density at radius 1 is 1.14 bits per heavy atom. The molecule has 0 saturated heterocycles. The van der Waals surface area contributed by atoms with Crippen molar-refractivity contribution in [3.8, 4) is 23.0 Å². The van der Waals surface area contributed by atoms with Gasteiger partial charge in [0.05, 0.1) is 19.1 Å². The molecule has 0 unspecified atom stereocenters. The van der Waals surface area contributed by atoms with Crippen molar-refractivity contribution >= 4 is 23.7 Å². The van der Waals surface area contributed by atoms with Gasteiger partial charge in [-0.1, -0.05) is 17.2 Å². The minimum atomic E-state index is -0.529. The summed E-state index contributed by atoms with van der Waals surface area (Å²) in [6, 6.07) is 10.9. The van der Waals surface area contributed by atoms with Crippen molar-refractivity contribution in [1.29, 1.82) is 0 Å². The Morgan fingerprint density at radius 3 is 2.66 bits per heavy atom. The molecule has 1 aromatic heterocycles. The number of nitrogens with zero attached hydrogens (tertiary/aromatic N) is 3. The van der Waals surface area contributed by atoms with Crippen LogP contribution in [-0.4, -0.2) is 35.2 Å². The monoisotopic (exact) mass is 396 g/mol. The molecule has 1 N–H and O–H groups in total. The van der Waals surface area contributed by atoms with E-state index < -0.39 is 10.8 Å². The molecule has 0 saturated carbocycles. The molecule has 148 valence electrons. The van der Waals surface area contributed by atoms with E-state index in [4.69, 9.17) is 13.9 Å². The summed E-state index contributed by atoms with van der Waals surface area (Å²) in [7, 11) is 3.04. The number of hydrogen-bond acceptors (Lipinski definition) is 8. The number of nitro groups is 1. The highest BCUT2D eigenvalue weighted by Gasteiger charge is 2.13. The van der Waals surface area contributed by atoms with E-state index in [2.05, 4.69) is 15.5 Å². The summed E-state index contributed by atoms with van der Waals surface area (Å²) in [5, 5.41) is 20.9. The normalized spacial score (nSPS) is 10.7. The van der Waals surface area contributed by atoms with Crippen molar-refractivity contribution in [1.82, 2.24) is 10.2 Å². The molecular weight excluding hydrogens is 380 g/mol. The average Bonchev–Trinajstić information content (AvgIpc) is 3.20. The second-order valence-electron chi connectivity index (χ2n) is 5.66. The van der Waals surface area contributed by atoms with Gasteiger partial charge < -0.3 is 13.9 Å². The number of hydrogen-bond donors (Lipinski definition) is 1. The van der Waals surface area contributed by atoms with Gasteiger partial charge in [-0.05, 0) is 29.8 Å². The number of rotatable bonds is 7. The molecule has 2 aromatic carbocycles.